The Morgan fingerprint density at radius 3 is 2.71 bits per heavy atom. The number of nitrogens with one attached hydrogen (secondary N) is 2. The van der Waals surface area contributed by atoms with Crippen LogP contribution in [0.1, 0.15) is 46.0 Å². The lowest BCUT2D eigenvalue weighted by Gasteiger charge is -2.36. The normalized spacial score (nSPS) is 37.3. The molecule has 2 heteroatoms. The summed E-state index contributed by atoms with van der Waals surface area (Å²) < 4.78 is 0. The van der Waals surface area contributed by atoms with E-state index >= 15 is 0 Å². The molecule has 0 amide bonds. The lowest BCUT2D eigenvalue weighted by Crippen LogP contribution is -2.43. The minimum atomic E-state index is 0.571. The number of rotatable bonds is 2. The fourth-order valence-electron chi connectivity index (χ4n) is 2.97. The zero-order valence-electron chi connectivity index (χ0n) is 9.60. The van der Waals surface area contributed by atoms with Crippen LogP contribution in [0, 0.1) is 5.41 Å². The Labute approximate surface area is 87.8 Å². The highest BCUT2D eigenvalue weighted by atomic mass is 15.0. The van der Waals surface area contributed by atoms with Crippen molar-refractivity contribution in [3.63, 3.8) is 0 Å². The molecule has 1 aliphatic carbocycles. The highest BCUT2D eigenvalue weighted by Gasteiger charge is 2.29. The zero-order chi connectivity index (χ0) is 10.0. The molecular formula is C12H24N2. The highest BCUT2D eigenvalue weighted by molar-refractivity contribution is 4.87. The summed E-state index contributed by atoms with van der Waals surface area (Å²) >= 11 is 0. The van der Waals surface area contributed by atoms with Gasteiger partial charge in [-0.1, -0.05) is 20.3 Å². The third-order valence-electron chi connectivity index (χ3n) is 3.74. The lowest BCUT2D eigenvalue weighted by molar-refractivity contribution is 0.190. The summed E-state index contributed by atoms with van der Waals surface area (Å²) in [4.78, 5) is 0. The molecule has 0 aromatic heterocycles. The van der Waals surface area contributed by atoms with Crippen molar-refractivity contribution in [1.29, 1.82) is 0 Å². The monoisotopic (exact) mass is 196 g/mol. The van der Waals surface area contributed by atoms with E-state index in [0.717, 1.165) is 12.1 Å². The van der Waals surface area contributed by atoms with Crippen molar-refractivity contribution in [3.05, 3.63) is 0 Å². The fourth-order valence-corrected chi connectivity index (χ4v) is 2.97. The van der Waals surface area contributed by atoms with Crippen LogP contribution in [0.4, 0.5) is 0 Å². The van der Waals surface area contributed by atoms with Gasteiger partial charge in [-0.2, -0.15) is 0 Å². The van der Waals surface area contributed by atoms with Crippen LogP contribution in [0.25, 0.3) is 0 Å². The average Bonchev–Trinajstić information content (AvgIpc) is 2.54. The van der Waals surface area contributed by atoms with E-state index in [2.05, 4.69) is 24.5 Å². The van der Waals surface area contributed by atoms with E-state index in [9.17, 15) is 0 Å². The maximum absolute atomic E-state index is 3.81. The summed E-state index contributed by atoms with van der Waals surface area (Å²) in [6.45, 7) is 7.20. The second-order valence-corrected chi connectivity index (χ2v) is 5.81. The molecule has 2 rings (SSSR count). The Balaban J connectivity index is 1.79. The van der Waals surface area contributed by atoms with Gasteiger partial charge in [0.25, 0.3) is 0 Å². The Hall–Kier alpha value is -0.0800. The molecule has 0 radical (unpaired) electrons. The van der Waals surface area contributed by atoms with E-state index in [1.54, 1.807) is 0 Å². The summed E-state index contributed by atoms with van der Waals surface area (Å²) in [5, 5.41) is 7.23. The van der Waals surface area contributed by atoms with Crippen LogP contribution in [0.15, 0.2) is 0 Å². The van der Waals surface area contributed by atoms with Crippen LogP contribution < -0.4 is 10.6 Å². The van der Waals surface area contributed by atoms with E-state index in [1.165, 1.54) is 45.2 Å². The largest absolute Gasteiger partial charge is 0.315 e. The first-order chi connectivity index (χ1) is 6.66. The van der Waals surface area contributed by atoms with Gasteiger partial charge in [-0.3, -0.25) is 0 Å². The van der Waals surface area contributed by atoms with Gasteiger partial charge in [0.05, 0.1) is 0 Å². The minimum Gasteiger partial charge on any atom is -0.315 e. The summed E-state index contributed by atoms with van der Waals surface area (Å²) in [6, 6.07) is 1.53. The second kappa shape index (κ2) is 4.19. The first-order valence-electron chi connectivity index (χ1n) is 6.12. The summed E-state index contributed by atoms with van der Waals surface area (Å²) in [5.74, 6) is 0. The van der Waals surface area contributed by atoms with Crippen molar-refractivity contribution in [1.82, 2.24) is 10.6 Å². The molecule has 1 saturated carbocycles. The molecular weight excluding hydrogens is 172 g/mol. The van der Waals surface area contributed by atoms with E-state index in [4.69, 9.17) is 0 Å². The Morgan fingerprint density at radius 2 is 2.07 bits per heavy atom. The van der Waals surface area contributed by atoms with Gasteiger partial charge in [-0.05, 0) is 37.6 Å². The van der Waals surface area contributed by atoms with Crippen LogP contribution >= 0.6 is 0 Å². The van der Waals surface area contributed by atoms with Crippen LogP contribution in [0.2, 0.25) is 0 Å². The second-order valence-electron chi connectivity index (χ2n) is 5.81. The van der Waals surface area contributed by atoms with Gasteiger partial charge in [0.1, 0.15) is 0 Å². The molecule has 2 nitrogen and oxygen atoms in total. The molecule has 2 unspecified atom stereocenters. The van der Waals surface area contributed by atoms with E-state index in [-0.39, 0.29) is 0 Å². The predicted molar refractivity (Wildman–Crippen MR) is 60.4 cm³/mol. The third kappa shape index (κ3) is 2.71. The van der Waals surface area contributed by atoms with Crippen molar-refractivity contribution >= 4 is 0 Å². The molecule has 2 N–H and O–H groups in total. The van der Waals surface area contributed by atoms with Crippen molar-refractivity contribution in [2.24, 2.45) is 5.41 Å². The predicted octanol–water partition coefficient (Wildman–Crippen LogP) is 1.91. The molecule has 1 saturated heterocycles. The smallest absolute Gasteiger partial charge is 0.0207 e. The molecule has 82 valence electrons. The standard InChI is InChI=1S/C12H24N2/c1-12(2)6-3-4-10(8-12)14-11-5-7-13-9-11/h10-11,13-14H,3-9H2,1-2H3. The number of hydrogen-bond acceptors (Lipinski definition) is 2. The molecule has 14 heavy (non-hydrogen) atoms. The van der Waals surface area contributed by atoms with Crippen LogP contribution in [0.3, 0.4) is 0 Å². The van der Waals surface area contributed by atoms with Crippen LogP contribution in [-0.4, -0.2) is 25.2 Å². The van der Waals surface area contributed by atoms with Gasteiger partial charge >= 0.3 is 0 Å². The summed E-state index contributed by atoms with van der Waals surface area (Å²) in [5.41, 5.74) is 0.571. The number of hydrogen-bond donors (Lipinski definition) is 2. The fraction of sp³-hybridized carbons (Fsp3) is 1.00. The van der Waals surface area contributed by atoms with Gasteiger partial charge in [-0.15, -0.1) is 0 Å². The maximum atomic E-state index is 3.81. The van der Waals surface area contributed by atoms with Crippen LogP contribution in [0.5, 0.6) is 0 Å². The molecule has 1 heterocycles. The molecule has 0 spiro atoms. The summed E-state index contributed by atoms with van der Waals surface area (Å²) in [6.07, 6.45) is 6.89. The molecule has 2 fully saturated rings. The minimum absolute atomic E-state index is 0.571. The molecule has 0 bridgehead atoms. The first-order valence-corrected chi connectivity index (χ1v) is 6.12. The first kappa shape index (κ1) is 10.4. The molecule has 0 aromatic rings. The summed E-state index contributed by atoms with van der Waals surface area (Å²) in [7, 11) is 0. The molecule has 1 aliphatic heterocycles. The molecule has 0 aromatic carbocycles. The van der Waals surface area contributed by atoms with Gasteiger partial charge < -0.3 is 10.6 Å². The molecule has 2 atom stereocenters. The Morgan fingerprint density at radius 1 is 1.21 bits per heavy atom. The van der Waals surface area contributed by atoms with Crippen LogP contribution in [-0.2, 0) is 0 Å². The molecule has 2 aliphatic rings. The Bertz CT molecular complexity index is 183. The van der Waals surface area contributed by atoms with Crippen molar-refractivity contribution in [2.45, 2.75) is 58.0 Å². The third-order valence-corrected chi connectivity index (χ3v) is 3.74. The average molecular weight is 196 g/mol. The maximum Gasteiger partial charge on any atom is 0.0207 e. The quantitative estimate of drug-likeness (QED) is 0.705. The highest BCUT2D eigenvalue weighted by Crippen LogP contribution is 2.35. The van der Waals surface area contributed by atoms with Gasteiger partial charge in [0.15, 0.2) is 0 Å². The van der Waals surface area contributed by atoms with Crippen molar-refractivity contribution < 1.29 is 0 Å². The zero-order valence-corrected chi connectivity index (χ0v) is 9.60. The van der Waals surface area contributed by atoms with E-state index in [1.807, 2.05) is 0 Å². The van der Waals surface area contributed by atoms with Gasteiger partial charge in [0, 0.05) is 18.6 Å². The van der Waals surface area contributed by atoms with Gasteiger partial charge in [-0.25, -0.2) is 0 Å². The van der Waals surface area contributed by atoms with E-state index in [0.29, 0.717) is 5.41 Å². The van der Waals surface area contributed by atoms with Crippen molar-refractivity contribution in [3.8, 4) is 0 Å². The Kier molecular flexibility index (Phi) is 3.13. The topological polar surface area (TPSA) is 24.1 Å². The van der Waals surface area contributed by atoms with Gasteiger partial charge in [0.2, 0.25) is 0 Å². The SMILES string of the molecule is CC1(C)CCCC(NC2CCNC2)C1. The lowest BCUT2D eigenvalue weighted by atomic mass is 9.75. The van der Waals surface area contributed by atoms with Crippen molar-refractivity contribution in [2.75, 3.05) is 13.1 Å². The van der Waals surface area contributed by atoms with E-state index < -0.39 is 0 Å².